The molecular formula is C40H43NO11. The number of rotatable bonds is 13. The summed E-state index contributed by atoms with van der Waals surface area (Å²) in [6.07, 6.45) is 5.13. The van der Waals surface area contributed by atoms with Gasteiger partial charge >= 0.3 is 17.9 Å². The van der Waals surface area contributed by atoms with E-state index in [0.29, 0.717) is 43.1 Å². The minimum atomic E-state index is -1.56. The summed E-state index contributed by atoms with van der Waals surface area (Å²) in [6, 6.07) is 14.3. The summed E-state index contributed by atoms with van der Waals surface area (Å²) < 4.78 is 40.0. The van der Waals surface area contributed by atoms with Gasteiger partial charge in [-0.15, -0.1) is 6.42 Å². The quantitative estimate of drug-likeness (QED) is 0.103. The lowest BCUT2D eigenvalue weighted by molar-refractivity contribution is -0.143. The molecule has 0 bridgehead atoms. The first-order chi connectivity index (χ1) is 24.6. The van der Waals surface area contributed by atoms with Gasteiger partial charge in [-0.25, -0.2) is 4.79 Å². The van der Waals surface area contributed by atoms with Crippen LogP contribution in [0, 0.1) is 23.2 Å². The molecule has 0 radical (unpaired) electrons. The number of hydrogen-bond acceptors (Lipinski definition) is 11. The molecule has 274 valence electrons. The van der Waals surface area contributed by atoms with E-state index >= 15 is 0 Å². The molecule has 0 unspecified atom stereocenters. The third kappa shape index (κ3) is 8.29. The van der Waals surface area contributed by atoms with Gasteiger partial charge in [-0.05, 0) is 84.0 Å². The molecule has 2 aliphatic heterocycles. The van der Waals surface area contributed by atoms with Crippen LogP contribution in [0.3, 0.4) is 0 Å². The molecule has 12 nitrogen and oxygen atoms in total. The minimum absolute atomic E-state index is 0.216. The van der Waals surface area contributed by atoms with Crippen molar-refractivity contribution in [2.45, 2.75) is 47.1 Å². The molecule has 1 amide bonds. The average Bonchev–Trinajstić information content (AvgIpc) is 3.37. The molecule has 12 heteroatoms. The molecule has 0 fully saturated rings. The Morgan fingerprint density at radius 2 is 1.27 bits per heavy atom. The van der Waals surface area contributed by atoms with Crippen molar-refractivity contribution in [3.05, 3.63) is 82.4 Å². The molecule has 0 aliphatic carbocycles. The van der Waals surface area contributed by atoms with Gasteiger partial charge in [0.05, 0.1) is 49.4 Å². The van der Waals surface area contributed by atoms with Crippen LogP contribution in [0.4, 0.5) is 0 Å². The largest absolute Gasteiger partial charge is 0.456 e. The van der Waals surface area contributed by atoms with Crippen LogP contribution < -0.4 is 19.5 Å². The molecular weight excluding hydrogens is 670 g/mol. The topological polar surface area (TPSA) is 145 Å². The van der Waals surface area contributed by atoms with E-state index in [4.69, 9.17) is 39.6 Å². The molecule has 0 saturated carbocycles. The first kappa shape index (κ1) is 38.0. The van der Waals surface area contributed by atoms with Crippen molar-refractivity contribution >= 4 is 23.8 Å². The molecule has 3 aromatic rings. The number of benzene rings is 3. The molecule has 0 atom stereocenters. The number of esters is 3. The van der Waals surface area contributed by atoms with Crippen LogP contribution >= 0.6 is 0 Å². The number of ether oxygens (including phenoxy) is 7. The highest BCUT2D eigenvalue weighted by atomic mass is 16.6. The molecule has 0 saturated heterocycles. The second-order valence-electron chi connectivity index (χ2n) is 14.3. The van der Waals surface area contributed by atoms with Gasteiger partial charge in [0.1, 0.15) is 29.6 Å². The third-order valence-electron chi connectivity index (χ3n) is 8.12. The highest BCUT2D eigenvalue weighted by molar-refractivity contribution is 6.00. The zero-order valence-electron chi connectivity index (χ0n) is 30.2. The SMILES string of the molecule is C#CCOCCOCCOCCNC(=O)c1ccc2c(c1)C1(OC2=O)c2ccc(OC(=O)C(C)(C)C)cc2Oc2cc(OC(=O)C(C)(C)C)ccc21. The van der Waals surface area contributed by atoms with E-state index in [1.807, 2.05) is 0 Å². The normalized spacial score (nSPS) is 13.9. The summed E-state index contributed by atoms with van der Waals surface area (Å²) in [5, 5.41) is 2.84. The fourth-order valence-corrected chi connectivity index (χ4v) is 5.38. The summed E-state index contributed by atoms with van der Waals surface area (Å²) in [6.45, 7) is 12.6. The molecule has 2 heterocycles. The van der Waals surface area contributed by atoms with Gasteiger partial charge in [-0.1, -0.05) is 5.92 Å². The van der Waals surface area contributed by atoms with Crippen molar-refractivity contribution in [3.8, 4) is 35.3 Å². The van der Waals surface area contributed by atoms with E-state index in [1.165, 1.54) is 12.1 Å². The minimum Gasteiger partial charge on any atom is -0.456 e. The van der Waals surface area contributed by atoms with Crippen LogP contribution in [0.25, 0.3) is 0 Å². The number of carbonyl (C=O) groups is 4. The van der Waals surface area contributed by atoms with Crippen molar-refractivity contribution < 1.29 is 52.3 Å². The van der Waals surface area contributed by atoms with Crippen LogP contribution in [0.15, 0.2) is 54.6 Å². The van der Waals surface area contributed by atoms with Gasteiger partial charge in [0.2, 0.25) is 0 Å². The summed E-state index contributed by atoms with van der Waals surface area (Å²) in [5.74, 6) is 1.39. The summed E-state index contributed by atoms with van der Waals surface area (Å²) in [7, 11) is 0. The van der Waals surface area contributed by atoms with E-state index in [9.17, 15) is 19.2 Å². The second kappa shape index (κ2) is 15.6. The van der Waals surface area contributed by atoms with Gasteiger partial charge in [-0.3, -0.25) is 14.4 Å². The molecule has 0 aromatic heterocycles. The average molecular weight is 714 g/mol. The van der Waals surface area contributed by atoms with Gasteiger partial charge in [0.15, 0.2) is 5.60 Å². The number of fused-ring (bicyclic) bond motifs is 6. The van der Waals surface area contributed by atoms with E-state index in [0.717, 1.165) is 0 Å². The predicted octanol–water partition coefficient (Wildman–Crippen LogP) is 5.57. The maximum Gasteiger partial charge on any atom is 0.340 e. The van der Waals surface area contributed by atoms with Crippen LogP contribution in [-0.2, 0) is 34.1 Å². The maximum absolute atomic E-state index is 13.5. The summed E-state index contributed by atoms with van der Waals surface area (Å²) in [4.78, 5) is 52.3. The Bertz CT molecular complexity index is 1820. The monoisotopic (exact) mass is 713 g/mol. The van der Waals surface area contributed by atoms with Crippen LogP contribution in [0.5, 0.6) is 23.0 Å². The second-order valence-corrected chi connectivity index (χ2v) is 14.3. The first-order valence-electron chi connectivity index (χ1n) is 16.9. The first-order valence-corrected chi connectivity index (χ1v) is 16.9. The predicted molar refractivity (Wildman–Crippen MR) is 189 cm³/mol. The summed E-state index contributed by atoms with van der Waals surface area (Å²) in [5.41, 5.74) is -1.26. The van der Waals surface area contributed by atoms with Crippen molar-refractivity contribution in [2.75, 3.05) is 46.2 Å². The van der Waals surface area contributed by atoms with Crippen molar-refractivity contribution in [3.63, 3.8) is 0 Å². The highest BCUT2D eigenvalue weighted by Crippen LogP contribution is 2.57. The standard InChI is InChI=1S/C40H43NO11/c1-8-16-46-18-20-48-21-19-47-17-15-41-34(42)25-9-12-28-31(22-25)40(52-35(28)43)29-13-10-26(49-36(44)38(2,3)4)23-32(29)51-33-24-27(11-14-30(33)40)50-37(45)39(5,6)7/h1,9-14,22-24H,15-21H2,2-7H3,(H,41,42). The van der Waals surface area contributed by atoms with E-state index < -0.39 is 34.3 Å². The Hall–Kier alpha value is -5.22. The van der Waals surface area contributed by atoms with Gasteiger partial charge < -0.3 is 38.5 Å². The zero-order valence-corrected chi connectivity index (χ0v) is 30.2. The fraction of sp³-hybridized carbons (Fsp3) is 0.400. The molecule has 3 aromatic carbocycles. The Labute approximate surface area is 303 Å². The Balaban J connectivity index is 1.42. The zero-order chi connectivity index (χ0) is 37.7. The van der Waals surface area contributed by atoms with Crippen molar-refractivity contribution in [1.29, 1.82) is 0 Å². The number of amides is 1. The number of nitrogens with one attached hydrogen (secondary N) is 1. The molecule has 52 heavy (non-hydrogen) atoms. The molecule has 2 aliphatic rings. The van der Waals surface area contributed by atoms with Crippen molar-refractivity contribution in [1.82, 2.24) is 5.32 Å². The Kier molecular flexibility index (Phi) is 11.4. The van der Waals surface area contributed by atoms with E-state index in [2.05, 4.69) is 11.2 Å². The number of carbonyl (C=O) groups excluding carboxylic acids is 4. The molecule has 1 spiro atoms. The lowest BCUT2D eigenvalue weighted by Gasteiger charge is -2.37. The smallest absolute Gasteiger partial charge is 0.340 e. The van der Waals surface area contributed by atoms with Crippen LogP contribution in [0.2, 0.25) is 0 Å². The summed E-state index contributed by atoms with van der Waals surface area (Å²) >= 11 is 0. The number of hydrogen-bond donors (Lipinski definition) is 1. The maximum atomic E-state index is 13.5. The Morgan fingerprint density at radius 3 is 1.81 bits per heavy atom. The van der Waals surface area contributed by atoms with Gasteiger partial charge in [0.25, 0.3) is 5.91 Å². The van der Waals surface area contributed by atoms with Gasteiger partial charge in [0, 0.05) is 40.9 Å². The van der Waals surface area contributed by atoms with Crippen LogP contribution in [-0.4, -0.2) is 70.0 Å². The lowest BCUT2D eigenvalue weighted by Crippen LogP contribution is -2.34. The molecule has 5 rings (SSSR count). The number of terminal acetylenes is 1. The highest BCUT2D eigenvalue weighted by Gasteiger charge is 2.54. The Morgan fingerprint density at radius 1 is 0.731 bits per heavy atom. The third-order valence-corrected chi connectivity index (χ3v) is 8.12. The van der Waals surface area contributed by atoms with Gasteiger partial charge in [-0.2, -0.15) is 0 Å². The lowest BCUT2D eigenvalue weighted by atomic mass is 9.77. The molecule has 1 N–H and O–H groups in total. The fourth-order valence-electron chi connectivity index (χ4n) is 5.38. The van der Waals surface area contributed by atoms with E-state index in [1.54, 1.807) is 84.0 Å². The van der Waals surface area contributed by atoms with E-state index in [-0.39, 0.29) is 59.8 Å². The van der Waals surface area contributed by atoms with Crippen LogP contribution in [0.1, 0.15) is 78.9 Å². The van der Waals surface area contributed by atoms with Crippen molar-refractivity contribution in [2.24, 2.45) is 10.8 Å².